The lowest BCUT2D eigenvalue weighted by atomic mass is 10.3. The van der Waals surface area contributed by atoms with Gasteiger partial charge in [0.25, 0.3) is 17.5 Å². The van der Waals surface area contributed by atoms with Gasteiger partial charge in [0, 0.05) is 39.4 Å². The molecule has 0 unspecified atom stereocenters. The molecule has 0 bridgehead atoms. The van der Waals surface area contributed by atoms with Gasteiger partial charge < -0.3 is 15.2 Å². The molecule has 0 saturated carbocycles. The lowest BCUT2D eigenvalue weighted by molar-refractivity contribution is -0.385. The minimum absolute atomic E-state index is 0.0292. The lowest BCUT2D eigenvalue weighted by Crippen LogP contribution is -2.36. The summed E-state index contributed by atoms with van der Waals surface area (Å²) in [5.41, 5.74) is -1.11. The lowest BCUT2D eigenvalue weighted by Gasteiger charge is -2.07. The molecule has 2 N–H and O–H groups in total. The standard InChI is InChI=1S/C13H15N7O6/c1-17-6-3-8(19(23)24)10(17)12(21)14-4-5-15-13(22)11-9(20(25)26)7-16-18(11)2/h3,6-7H,4-5H2,1-2H3,(H,14,21)(H,15,22). The summed E-state index contributed by atoms with van der Waals surface area (Å²) in [5.74, 6) is -1.40. The van der Waals surface area contributed by atoms with E-state index in [-0.39, 0.29) is 30.2 Å². The van der Waals surface area contributed by atoms with Crippen LogP contribution in [0.15, 0.2) is 18.5 Å². The maximum absolute atomic E-state index is 12.1. The first-order valence-corrected chi connectivity index (χ1v) is 7.26. The zero-order valence-corrected chi connectivity index (χ0v) is 13.8. The van der Waals surface area contributed by atoms with Crippen LogP contribution in [0.2, 0.25) is 0 Å². The summed E-state index contributed by atoms with van der Waals surface area (Å²) < 4.78 is 2.38. The number of carbonyl (C=O) groups is 2. The molecule has 0 aliphatic rings. The molecular formula is C13H15N7O6. The van der Waals surface area contributed by atoms with Crippen LogP contribution in [-0.4, -0.2) is 49.1 Å². The zero-order valence-electron chi connectivity index (χ0n) is 13.8. The summed E-state index contributed by atoms with van der Waals surface area (Å²) in [6.45, 7) is -0.0658. The second-order valence-electron chi connectivity index (χ2n) is 5.19. The van der Waals surface area contributed by atoms with Gasteiger partial charge in [-0.3, -0.25) is 34.5 Å². The van der Waals surface area contributed by atoms with Gasteiger partial charge in [-0.1, -0.05) is 0 Å². The number of nitro groups is 2. The highest BCUT2D eigenvalue weighted by Gasteiger charge is 2.26. The summed E-state index contributed by atoms with van der Waals surface area (Å²) in [6, 6.07) is 1.21. The molecule has 2 amide bonds. The third-order valence-corrected chi connectivity index (χ3v) is 3.49. The van der Waals surface area contributed by atoms with Gasteiger partial charge in [-0.15, -0.1) is 0 Å². The van der Waals surface area contributed by atoms with Crippen molar-refractivity contribution in [2.45, 2.75) is 0 Å². The molecule has 2 heterocycles. The maximum Gasteiger partial charge on any atom is 0.320 e. The van der Waals surface area contributed by atoms with Crippen molar-refractivity contribution in [2.24, 2.45) is 14.1 Å². The van der Waals surface area contributed by atoms with Crippen LogP contribution in [0.25, 0.3) is 0 Å². The van der Waals surface area contributed by atoms with E-state index >= 15 is 0 Å². The number of carbonyl (C=O) groups excluding carboxylic acids is 2. The van der Waals surface area contributed by atoms with Gasteiger partial charge in [-0.05, 0) is 0 Å². The summed E-state index contributed by atoms with van der Waals surface area (Å²) in [6.07, 6.45) is 2.35. The van der Waals surface area contributed by atoms with Gasteiger partial charge in [0.15, 0.2) is 5.69 Å². The molecule has 0 saturated heterocycles. The molecule has 0 aliphatic carbocycles. The van der Waals surface area contributed by atoms with Gasteiger partial charge in [-0.2, -0.15) is 5.10 Å². The van der Waals surface area contributed by atoms with E-state index < -0.39 is 27.3 Å². The molecule has 13 heteroatoms. The average Bonchev–Trinajstić information content (AvgIpc) is 3.14. The van der Waals surface area contributed by atoms with E-state index in [4.69, 9.17) is 0 Å². The van der Waals surface area contributed by atoms with Crippen LogP contribution in [0, 0.1) is 20.2 Å². The zero-order chi connectivity index (χ0) is 19.4. The van der Waals surface area contributed by atoms with Gasteiger partial charge >= 0.3 is 5.69 Å². The average molecular weight is 365 g/mol. The Balaban J connectivity index is 1.93. The minimum atomic E-state index is -0.726. The van der Waals surface area contributed by atoms with Crippen LogP contribution in [0.4, 0.5) is 11.4 Å². The van der Waals surface area contributed by atoms with E-state index in [0.29, 0.717) is 0 Å². The molecule has 0 atom stereocenters. The third kappa shape index (κ3) is 3.66. The Labute approximate surface area is 145 Å². The van der Waals surface area contributed by atoms with Crippen molar-refractivity contribution in [3.8, 4) is 0 Å². The first-order valence-electron chi connectivity index (χ1n) is 7.26. The van der Waals surface area contributed by atoms with Crippen LogP contribution >= 0.6 is 0 Å². The predicted molar refractivity (Wildman–Crippen MR) is 86.6 cm³/mol. The maximum atomic E-state index is 12.1. The Hall–Kier alpha value is -3.77. The Morgan fingerprint density at radius 3 is 2.12 bits per heavy atom. The van der Waals surface area contributed by atoms with E-state index in [2.05, 4.69) is 15.7 Å². The summed E-state index contributed by atoms with van der Waals surface area (Å²) in [5, 5.41) is 30.3. The summed E-state index contributed by atoms with van der Waals surface area (Å²) in [4.78, 5) is 44.5. The number of amides is 2. The van der Waals surface area contributed by atoms with Crippen molar-refractivity contribution >= 4 is 23.2 Å². The van der Waals surface area contributed by atoms with Crippen LogP contribution < -0.4 is 10.6 Å². The van der Waals surface area contributed by atoms with Crippen LogP contribution in [-0.2, 0) is 14.1 Å². The van der Waals surface area contributed by atoms with Gasteiger partial charge in [0.1, 0.15) is 6.20 Å². The van der Waals surface area contributed by atoms with E-state index in [1.807, 2.05) is 0 Å². The number of aromatic nitrogens is 3. The van der Waals surface area contributed by atoms with Crippen molar-refractivity contribution in [3.05, 3.63) is 50.1 Å². The summed E-state index contributed by atoms with van der Waals surface area (Å²) in [7, 11) is 2.88. The topological polar surface area (TPSA) is 167 Å². The fourth-order valence-electron chi connectivity index (χ4n) is 2.28. The fraction of sp³-hybridized carbons (Fsp3) is 0.308. The van der Waals surface area contributed by atoms with Gasteiger partial charge in [0.05, 0.1) is 9.85 Å². The third-order valence-electron chi connectivity index (χ3n) is 3.49. The summed E-state index contributed by atoms with van der Waals surface area (Å²) >= 11 is 0. The van der Waals surface area contributed by atoms with E-state index in [9.17, 15) is 29.8 Å². The molecule has 0 aromatic carbocycles. The van der Waals surface area contributed by atoms with Gasteiger partial charge in [0.2, 0.25) is 5.69 Å². The van der Waals surface area contributed by atoms with Crippen LogP contribution in [0.3, 0.4) is 0 Å². The quantitative estimate of drug-likeness (QED) is 0.387. The first kappa shape index (κ1) is 18.6. The monoisotopic (exact) mass is 365 g/mol. The molecule has 2 rings (SSSR count). The minimum Gasteiger partial charge on any atom is -0.349 e. The van der Waals surface area contributed by atoms with Crippen molar-refractivity contribution < 1.29 is 19.4 Å². The molecule has 2 aromatic rings. The molecular weight excluding hydrogens is 350 g/mol. The second kappa shape index (κ2) is 7.42. The molecule has 13 nitrogen and oxygen atoms in total. The largest absolute Gasteiger partial charge is 0.349 e. The molecule has 26 heavy (non-hydrogen) atoms. The Morgan fingerprint density at radius 1 is 1.04 bits per heavy atom. The smallest absolute Gasteiger partial charge is 0.320 e. The molecule has 138 valence electrons. The number of hydrogen-bond acceptors (Lipinski definition) is 7. The number of nitrogens with one attached hydrogen (secondary N) is 2. The number of nitrogens with zero attached hydrogens (tertiary/aromatic N) is 5. The first-order chi connectivity index (χ1) is 12.2. The van der Waals surface area contributed by atoms with Crippen LogP contribution in [0.1, 0.15) is 21.0 Å². The molecule has 0 aliphatic heterocycles. The van der Waals surface area contributed by atoms with Crippen molar-refractivity contribution in [2.75, 3.05) is 13.1 Å². The Bertz CT molecular complexity index is 811. The van der Waals surface area contributed by atoms with E-state index in [1.165, 1.54) is 30.9 Å². The normalized spacial score (nSPS) is 10.4. The highest BCUT2D eigenvalue weighted by Crippen LogP contribution is 2.18. The number of rotatable bonds is 7. The highest BCUT2D eigenvalue weighted by atomic mass is 16.6. The van der Waals surface area contributed by atoms with Crippen molar-refractivity contribution in [1.29, 1.82) is 0 Å². The van der Waals surface area contributed by atoms with E-state index in [0.717, 1.165) is 10.9 Å². The highest BCUT2D eigenvalue weighted by molar-refractivity contribution is 5.97. The van der Waals surface area contributed by atoms with Gasteiger partial charge in [-0.25, -0.2) is 0 Å². The van der Waals surface area contributed by atoms with E-state index in [1.54, 1.807) is 0 Å². The predicted octanol–water partition coefficient (Wildman–Crippen LogP) is -0.265. The Morgan fingerprint density at radius 2 is 1.58 bits per heavy atom. The SMILES string of the molecule is Cn1ccc([N+](=O)[O-])c1C(=O)NCCNC(=O)c1c([N+](=O)[O-])cnn1C. The van der Waals surface area contributed by atoms with Crippen LogP contribution in [0.5, 0.6) is 0 Å². The van der Waals surface area contributed by atoms with Crippen molar-refractivity contribution in [1.82, 2.24) is 25.0 Å². The molecule has 0 spiro atoms. The number of aryl methyl sites for hydroxylation is 2. The van der Waals surface area contributed by atoms with Crippen molar-refractivity contribution in [3.63, 3.8) is 0 Å². The fourth-order valence-corrected chi connectivity index (χ4v) is 2.28. The molecule has 0 fully saturated rings. The molecule has 0 radical (unpaired) electrons. The molecule has 2 aromatic heterocycles. The Kier molecular flexibility index (Phi) is 5.30. The second-order valence-corrected chi connectivity index (χ2v) is 5.19. The number of hydrogen-bond donors (Lipinski definition) is 2.